The second-order valence-corrected chi connectivity index (χ2v) is 1.88. The van der Waals surface area contributed by atoms with Crippen LogP contribution in [-0.2, 0) is 4.74 Å². The monoisotopic (exact) mass is 127 g/mol. The van der Waals surface area contributed by atoms with E-state index in [4.69, 9.17) is 11.2 Å². The summed E-state index contributed by atoms with van der Waals surface area (Å²) in [7, 11) is 1.88. The topological polar surface area (TPSA) is 21.3 Å². The third-order valence-electron chi connectivity index (χ3n) is 0.943. The Morgan fingerprint density at radius 1 is 1.78 bits per heavy atom. The minimum atomic E-state index is 0.214. The van der Waals surface area contributed by atoms with Gasteiger partial charge in [-0.2, -0.15) is 0 Å². The van der Waals surface area contributed by atoms with Crippen molar-refractivity contribution in [2.45, 2.75) is 13.0 Å². The van der Waals surface area contributed by atoms with Gasteiger partial charge in [0.25, 0.3) is 0 Å². The lowest BCUT2D eigenvalue weighted by molar-refractivity contribution is 0.0933. The Balaban J connectivity index is 3.07. The van der Waals surface area contributed by atoms with Crippen LogP contribution in [0.3, 0.4) is 0 Å². The Labute approximate surface area is 56.6 Å². The van der Waals surface area contributed by atoms with E-state index in [1.807, 2.05) is 14.0 Å². The van der Waals surface area contributed by atoms with Gasteiger partial charge in [0, 0.05) is 6.54 Å². The first-order valence-electron chi connectivity index (χ1n) is 3.01. The minimum Gasteiger partial charge on any atom is -0.365 e. The standard InChI is InChI=1S/C7H13NO/c1-4-5-9-7(2)6-8-3/h1,7-8H,5-6H2,2-3H3. The molecule has 0 spiro atoms. The highest BCUT2D eigenvalue weighted by molar-refractivity contribution is 4.83. The van der Waals surface area contributed by atoms with Gasteiger partial charge in [0.2, 0.25) is 0 Å². The fraction of sp³-hybridized carbons (Fsp3) is 0.714. The summed E-state index contributed by atoms with van der Waals surface area (Å²) in [5, 5.41) is 2.98. The van der Waals surface area contributed by atoms with Crippen LogP contribution in [0.2, 0.25) is 0 Å². The fourth-order valence-corrected chi connectivity index (χ4v) is 0.537. The zero-order chi connectivity index (χ0) is 7.11. The quantitative estimate of drug-likeness (QED) is 0.546. The number of likely N-dealkylation sites (N-methyl/N-ethyl adjacent to an activating group) is 1. The van der Waals surface area contributed by atoms with Crippen LogP contribution in [0.5, 0.6) is 0 Å². The number of hydrogen-bond donors (Lipinski definition) is 1. The number of terminal acetylenes is 1. The van der Waals surface area contributed by atoms with Gasteiger partial charge >= 0.3 is 0 Å². The van der Waals surface area contributed by atoms with E-state index in [0.717, 1.165) is 6.54 Å². The second kappa shape index (κ2) is 5.61. The molecule has 0 aromatic carbocycles. The molecule has 0 amide bonds. The molecule has 0 aliphatic heterocycles. The Hall–Kier alpha value is -0.520. The van der Waals surface area contributed by atoms with Crippen molar-refractivity contribution in [3.05, 3.63) is 0 Å². The minimum absolute atomic E-state index is 0.214. The number of hydrogen-bond acceptors (Lipinski definition) is 2. The second-order valence-electron chi connectivity index (χ2n) is 1.88. The molecular weight excluding hydrogens is 114 g/mol. The smallest absolute Gasteiger partial charge is 0.107 e. The number of nitrogens with one attached hydrogen (secondary N) is 1. The molecule has 1 unspecified atom stereocenters. The van der Waals surface area contributed by atoms with Gasteiger partial charge in [-0.15, -0.1) is 6.42 Å². The molecule has 0 aromatic rings. The van der Waals surface area contributed by atoms with E-state index in [1.165, 1.54) is 0 Å². The lowest BCUT2D eigenvalue weighted by atomic mass is 10.4. The van der Waals surface area contributed by atoms with E-state index in [1.54, 1.807) is 0 Å². The maximum atomic E-state index is 5.13. The van der Waals surface area contributed by atoms with Crippen molar-refractivity contribution in [2.24, 2.45) is 0 Å². The summed E-state index contributed by atoms with van der Waals surface area (Å²) in [6, 6.07) is 0. The normalized spacial score (nSPS) is 12.6. The zero-order valence-corrected chi connectivity index (χ0v) is 5.98. The van der Waals surface area contributed by atoms with Crippen molar-refractivity contribution in [1.29, 1.82) is 0 Å². The van der Waals surface area contributed by atoms with Crippen LogP contribution in [0.4, 0.5) is 0 Å². The Kier molecular flexibility index (Phi) is 5.29. The molecule has 1 atom stereocenters. The van der Waals surface area contributed by atoms with Gasteiger partial charge in [0.05, 0.1) is 6.10 Å². The molecule has 0 aromatic heterocycles. The molecule has 0 heterocycles. The zero-order valence-electron chi connectivity index (χ0n) is 5.98. The van der Waals surface area contributed by atoms with E-state index in [0.29, 0.717) is 6.61 Å². The van der Waals surface area contributed by atoms with E-state index in [2.05, 4.69) is 11.2 Å². The van der Waals surface area contributed by atoms with Gasteiger partial charge < -0.3 is 10.1 Å². The van der Waals surface area contributed by atoms with Crippen molar-refractivity contribution >= 4 is 0 Å². The molecule has 0 bridgehead atoms. The average Bonchev–Trinajstić information content (AvgIpc) is 1.85. The Bertz CT molecular complexity index is 95.6. The maximum Gasteiger partial charge on any atom is 0.107 e. The summed E-state index contributed by atoms with van der Waals surface area (Å²) in [4.78, 5) is 0. The molecule has 2 heteroatoms. The lowest BCUT2D eigenvalue weighted by Crippen LogP contribution is -2.23. The maximum absolute atomic E-state index is 5.13. The Morgan fingerprint density at radius 3 is 2.89 bits per heavy atom. The highest BCUT2D eigenvalue weighted by Gasteiger charge is 1.95. The van der Waals surface area contributed by atoms with Crippen LogP contribution in [0.1, 0.15) is 6.92 Å². The summed E-state index contributed by atoms with van der Waals surface area (Å²) < 4.78 is 5.13. The largest absolute Gasteiger partial charge is 0.365 e. The SMILES string of the molecule is C#CCOC(C)CNC. The summed E-state index contributed by atoms with van der Waals surface area (Å²) in [6.07, 6.45) is 5.19. The van der Waals surface area contributed by atoms with Gasteiger partial charge in [0.1, 0.15) is 6.61 Å². The van der Waals surface area contributed by atoms with Gasteiger partial charge in [0.15, 0.2) is 0 Å². The molecule has 52 valence electrons. The average molecular weight is 127 g/mol. The molecule has 0 rings (SSSR count). The van der Waals surface area contributed by atoms with Crippen LogP contribution in [-0.4, -0.2) is 26.3 Å². The van der Waals surface area contributed by atoms with Crippen molar-refractivity contribution in [2.75, 3.05) is 20.2 Å². The molecule has 0 aliphatic rings. The summed E-state index contributed by atoms with van der Waals surface area (Å²) in [5.41, 5.74) is 0. The summed E-state index contributed by atoms with van der Waals surface area (Å²) in [6.45, 7) is 3.23. The highest BCUT2D eigenvalue weighted by atomic mass is 16.5. The Morgan fingerprint density at radius 2 is 2.44 bits per heavy atom. The predicted molar refractivity (Wildman–Crippen MR) is 38.2 cm³/mol. The van der Waals surface area contributed by atoms with Gasteiger partial charge in [-0.05, 0) is 14.0 Å². The molecule has 2 nitrogen and oxygen atoms in total. The molecule has 0 saturated carbocycles. The third-order valence-corrected chi connectivity index (χ3v) is 0.943. The fourth-order valence-electron chi connectivity index (χ4n) is 0.537. The first kappa shape index (κ1) is 8.48. The first-order chi connectivity index (χ1) is 4.31. The molecule has 0 aliphatic carbocycles. The van der Waals surface area contributed by atoms with Crippen LogP contribution in [0, 0.1) is 12.3 Å². The van der Waals surface area contributed by atoms with E-state index >= 15 is 0 Å². The predicted octanol–water partition coefficient (Wildman–Crippen LogP) is 0.244. The van der Waals surface area contributed by atoms with E-state index in [-0.39, 0.29) is 6.10 Å². The van der Waals surface area contributed by atoms with E-state index < -0.39 is 0 Å². The molecule has 9 heavy (non-hydrogen) atoms. The molecule has 1 N–H and O–H groups in total. The van der Waals surface area contributed by atoms with Crippen molar-refractivity contribution in [1.82, 2.24) is 5.32 Å². The third kappa shape index (κ3) is 5.35. The number of rotatable bonds is 4. The summed E-state index contributed by atoms with van der Waals surface area (Å²) in [5.74, 6) is 2.41. The lowest BCUT2D eigenvalue weighted by Gasteiger charge is -2.08. The molecule has 0 fully saturated rings. The van der Waals surface area contributed by atoms with E-state index in [9.17, 15) is 0 Å². The first-order valence-corrected chi connectivity index (χ1v) is 3.01. The van der Waals surface area contributed by atoms with Crippen molar-refractivity contribution in [3.63, 3.8) is 0 Å². The summed E-state index contributed by atoms with van der Waals surface area (Å²) >= 11 is 0. The highest BCUT2D eigenvalue weighted by Crippen LogP contribution is 1.85. The molecule has 0 saturated heterocycles. The molecule has 0 radical (unpaired) electrons. The number of ether oxygens (including phenoxy) is 1. The van der Waals surface area contributed by atoms with Gasteiger partial charge in [-0.1, -0.05) is 5.92 Å². The van der Waals surface area contributed by atoms with Crippen LogP contribution < -0.4 is 5.32 Å². The van der Waals surface area contributed by atoms with Crippen LogP contribution in [0.25, 0.3) is 0 Å². The van der Waals surface area contributed by atoms with Gasteiger partial charge in [-0.3, -0.25) is 0 Å². The van der Waals surface area contributed by atoms with Crippen molar-refractivity contribution in [3.8, 4) is 12.3 Å². The van der Waals surface area contributed by atoms with Crippen LogP contribution in [0.15, 0.2) is 0 Å². The molecular formula is C7H13NO. The van der Waals surface area contributed by atoms with Crippen LogP contribution >= 0.6 is 0 Å². The van der Waals surface area contributed by atoms with Crippen molar-refractivity contribution < 1.29 is 4.74 Å². The van der Waals surface area contributed by atoms with Gasteiger partial charge in [-0.25, -0.2) is 0 Å².